The van der Waals surface area contributed by atoms with Crippen molar-refractivity contribution in [1.29, 1.82) is 0 Å². The number of urea groups is 1. The maximum Gasteiger partial charge on any atom is 0.317 e. The highest BCUT2D eigenvalue weighted by molar-refractivity contribution is 5.79. The van der Waals surface area contributed by atoms with Gasteiger partial charge >= 0.3 is 6.03 Å². The van der Waals surface area contributed by atoms with Crippen molar-refractivity contribution in [2.24, 2.45) is 0 Å². The Hall–Kier alpha value is -2.34. The van der Waals surface area contributed by atoms with E-state index in [2.05, 4.69) is 10.3 Å². The van der Waals surface area contributed by atoms with Gasteiger partial charge < -0.3 is 19.7 Å². The molecule has 22 heavy (non-hydrogen) atoms. The lowest BCUT2D eigenvalue weighted by molar-refractivity contribution is 0.0530. The van der Waals surface area contributed by atoms with Crippen molar-refractivity contribution in [3.63, 3.8) is 0 Å². The molecule has 116 valence electrons. The number of pyridine rings is 1. The van der Waals surface area contributed by atoms with Gasteiger partial charge in [-0.05, 0) is 24.3 Å². The summed E-state index contributed by atoms with van der Waals surface area (Å²) in [7, 11) is 0. The van der Waals surface area contributed by atoms with Crippen LogP contribution < -0.4 is 10.1 Å². The highest BCUT2D eigenvalue weighted by Crippen LogP contribution is 2.18. The smallest absolute Gasteiger partial charge is 0.317 e. The highest BCUT2D eigenvalue weighted by atomic mass is 16.5. The van der Waals surface area contributed by atoms with Crippen molar-refractivity contribution in [2.45, 2.75) is 0 Å². The monoisotopic (exact) mass is 301 g/mol. The second-order valence-electron chi connectivity index (χ2n) is 5.04. The van der Waals surface area contributed by atoms with Crippen molar-refractivity contribution in [1.82, 2.24) is 15.2 Å². The van der Waals surface area contributed by atoms with E-state index in [4.69, 9.17) is 9.47 Å². The summed E-state index contributed by atoms with van der Waals surface area (Å²) < 4.78 is 10.9. The fraction of sp³-hybridized carbons (Fsp3) is 0.375. The molecule has 3 rings (SSSR count). The number of hydrogen-bond donors (Lipinski definition) is 1. The number of rotatable bonds is 4. The molecule has 0 saturated carbocycles. The number of carbonyl (C=O) groups excluding carboxylic acids is 1. The van der Waals surface area contributed by atoms with Gasteiger partial charge in [-0.1, -0.05) is 6.07 Å². The van der Waals surface area contributed by atoms with Crippen molar-refractivity contribution in [3.05, 3.63) is 36.5 Å². The van der Waals surface area contributed by atoms with Gasteiger partial charge in [-0.2, -0.15) is 0 Å². The Morgan fingerprint density at radius 2 is 2.18 bits per heavy atom. The third-order valence-corrected chi connectivity index (χ3v) is 3.52. The van der Waals surface area contributed by atoms with Crippen LogP contribution in [0.5, 0.6) is 5.75 Å². The van der Waals surface area contributed by atoms with E-state index >= 15 is 0 Å². The van der Waals surface area contributed by atoms with Gasteiger partial charge in [-0.3, -0.25) is 4.98 Å². The van der Waals surface area contributed by atoms with Crippen LogP contribution in [0.25, 0.3) is 10.9 Å². The van der Waals surface area contributed by atoms with Crippen molar-refractivity contribution in [3.8, 4) is 5.75 Å². The van der Waals surface area contributed by atoms with Gasteiger partial charge in [-0.15, -0.1) is 0 Å². The molecule has 1 aromatic heterocycles. The number of morpholine rings is 1. The Labute approximate surface area is 129 Å². The Morgan fingerprint density at radius 3 is 3.05 bits per heavy atom. The van der Waals surface area contributed by atoms with E-state index in [0.29, 0.717) is 39.5 Å². The molecule has 1 fully saturated rings. The molecular formula is C16H19N3O3. The van der Waals surface area contributed by atoms with Crippen molar-refractivity contribution in [2.75, 3.05) is 39.5 Å². The third-order valence-electron chi connectivity index (χ3n) is 3.52. The predicted octanol–water partition coefficient (Wildman–Crippen LogP) is 1.66. The number of nitrogens with one attached hydrogen (secondary N) is 1. The summed E-state index contributed by atoms with van der Waals surface area (Å²) in [4.78, 5) is 17.9. The Kier molecular flexibility index (Phi) is 4.70. The topological polar surface area (TPSA) is 63.7 Å². The molecule has 0 radical (unpaired) electrons. The van der Waals surface area contributed by atoms with Crippen LogP contribution in [0.4, 0.5) is 4.79 Å². The van der Waals surface area contributed by atoms with E-state index in [1.54, 1.807) is 11.1 Å². The maximum atomic E-state index is 11.9. The van der Waals surface area contributed by atoms with E-state index in [0.717, 1.165) is 16.7 Å². The normalized spacial score (nSPS) is 14.8. The highest BCUT2D eigenvalue weighted by Gasteiger charge is 2.15. The van der Waals surface area contributed by atoms with Gasteiger partial charge in [0, 0.05) is 24.7 Å². The summed E-state index contributed by atoms with van der Waals surface area (Å²) in [6.07, 6.45) is 1.77. The Bertz CT molecular complexity index is 641. The molecule has 2 amide bonds. The number of nitrogens with zero attached hydrogens (tertiary/aromatic N) is 2. The van der Waals surface area contributed by atoms with Crippen LogP contribution >= 0.6 is 0 Å². The molecule has 0 aliphatic carbocycles. The van der Waals surface area contributed by atoms with Crippen LogP contribution in [0.2, 0.25) is 0 Å². The second kappa shape index (κ2) is 7.09. The molecule has 0 spiro atoms. The van der Waals surface area contributed by atoms with E-state index in [1.165, 1.54) is 0 Å². The predicted molar refractivity (Wildman–Crippen MR) is 83.0 cm³/mol. The largest absolute Gasteiger partial charge is 0.492 e. The van der Waals surface area contributed by atoms with E-state index in [9.17, 15) is 4.79 Å². The molecule has 6 nitrogen and oxygen atoms in total. The third kappa shape index (κ3) is 3.65. The molecule has 6 heteroatoms. The van der Waals surface area contributed by atoms with E-state index < -0.39 is 0 Å². The number of benzene rings is 1. The molecule has 1 aliphatic heterocycles. The molecule has 1 N–H and O–H groups in total. The molecule has 0 atom stereocenters. The summed E-state index contributed by atoms with van der Waals surface area (Å²) in [6.45, 7) is 3.40. The van der Waals surface area contributed by atoms with Crippen LogP contribution in [0.3, 0.4) is 0 Å². The summed E-state index contributed by atoms with van der Waals surface area (Å²) in [5.74, 6) is 0.779. The second-order valence-corrected chi connectivity index (χ2v) is 5.04. The number of fused-ring (bicyclic) bond motifs is 1. The summed E-state index contributed by atoms with van der Waals surface area (Å²) in [5, 5.41) is 3.89. The van der Waals surface area contributed by atoms with E-state index in [1.807, 2.05) is 30.3 Å². The first-order chi connectivity index (χ1) is 10.8. The maximum absolute atomic E-state index is 11.9. The molecular weight excluding hydrogens is 282 g/mol. The van der Waals surface area contributed by atoms with Gasteiger partial charge in [0.25, 0.3) is 0 Å². The number of carbonyl (C=O) groups is 1. The summed E-state index contributed by atoms with van der Waals surface area (Å²) in [5.41, 5.74) is 0.940. The van der Waals surface area contributed by atoms with Crippen LogP contribution in [0.1, 0.15) is 0 Å². The Balaban J connectivity index is 1.44. The SMILES string of the molecule is O=C(NCCOc1ccc2ncccc2c1)N1CCOCC1. The average Bonchev–Trinajstić information content (AvgIpc) is 2.59. The fourth-order valence-electron chi connectivity index (χ4n) is 2.35. The zero-order valence-corrected chi connectivity index (χ0v) is 12.3. The Morgan fingerprint density at radius 1 is 1.32 bits per heavy atom. The standard InChI is InChI=1S/C16H19N3O3/c20-16(19-7-10-21-11-8-19)18-6-9-22-14-3-4-15-13(12-14)2-1-5-17-15/h1-5,12H,6-11H2,(H,18,20). The molecule has 0 bridgehead atoms. The molecule has 1 saturated heterocycles. The first kappa shape index (κ1) is 14.6. The molecule has 2 heterocycles. The quantitative estimate of drug-likeness (QED) is 0.872. The lowest BCUT2D eigenvalue weighted by Gasteiger charge is -2.26. The number of ether oxygens (including phenoxy) is 2. The molecule has 1 aromatic carbocycles. The lowest BCUT2D eigenvalue weighted by atomic mass is 10.2. The van der Waals surface area contributed by atoms with Gasteiger partial charge in [0.05, 0.1) is 25.3 Å². The van der Waals surface area contributed by atoms with Crippen LogP contribution in [-0.4, -0.2) is 55.4 Å². The van der Waals surface area contributed by atoms with Gasteiger partial charge in [0.15, 0.2) is 0 Å². The van der Waals surface area contributed by atoms with Gasteiger partial charge in [-0.25, -0.2) is 4.79 Å². The van der Waals surface area contributed by atoms with Crippen molar-refractivity contribution < 1.29 is 14.3 Å². The minimum Gasteiger partial charge on any atom is -0.492 e. The van der Waals surface area contributed by atoms with Crippen molar-refractivity contribution >= 4 is 16.9 Å². The molecule has 1 aliphatic rings. The summed E-state index contributed by atoms with van der Waals surface area (Å²) >= 11 is 0. The zero-order chi connectivity index (χ0) is 15.2. The minimum absolute atomic E-state index is 0.0605. The number of hydrogen-bond acceptors (Lipinski definition) is 4. The summed E-state index contributed by atoms with van der Waals surface area (Å²) in [6, 6.07) is 9.60. The molecule has 0 unspecified atom stereocenters. The first-order valence-corrected chi connectivity index (χ1v) is 7.41. The molecule has 2 aromatic rings. The first-order valence-electron chi connectivity index (χ1n) is 7.41. The average molecular weight is 301 g/mol. The van der Waals surface area contributed by atoms with Gasteiger partial charge in [0.2, 0.25) is 0 Å². The van der Waals surface area contributed by atoms with Crippen LogP contribution in [0.15, 0.2) is 36.5 Å². The van der Waals surface area contributed by atoms with Crippen LogP contribution in [-0.2, 0) is 4.74 Å². The lowest BCUT2D eigenvalue weighted by Crippen LogP contribution is -2.47. The van der Waals surface area contributed by atoms with Gasteiger partial charge in [0.1, 0.15) is 12.4 Å². The fourth-order valence-corrected chi connectivity index (χ4v) is 2.35. The van der Waals surface area contributed by atoms with E-state index in [-0.39, 0.29) is 6.03 Å². The minimum atomic E-state index is -0.0605. The zero-order valence-electron chi connectivity index (χ0n) is 12.3. The van der Waals surface area contributed by atoms with Crippen LogP contribution in [0, 0.1) is 0 Å². The number of aromatic nitrogens is 1. The number of amides is 2.